The van der Waals surface area contributed by atoms with Gasteiger partial charge in [0.25, 0.3) is 0 Å². The number of rotatable bonds is 18. The summed E-state index contributed by atoms with van der Waals surface area (Å²) in [4.78, 5) is 10.2. The zero-order chi connectivity index (χ0) is 23.2. The van der Waals surface area contributed by atoms with E-state index in [9.17, 15) is 9.90 Å². The lowest BCUT2D eigenvalue weighted by atomic mass is 10.0. The van der Waals surface area contributed by atoms with Crippen LogP contribution in [0, 0.1) is 0 Å². The van der Waals surface area contributed by atoms with Crippen molar-refractivity contribution in [2.45, 2.75) is 116 Å². The van der Waals surface area contributed by atoms with Crippen LogP contribution < -0.4 is 5.11 Å². The molecule has 0 fully saturated rings. The molecule has 0 heterocycles. The number of carbonyl (C=O) groups excluding carboxylic acids is 1. The summed E-state index contributed by atoms with van der Waals surface area (Å²) in [5.41, 5.74) is 1.48. The first-order valence-corrected chi connectivity index (χ1v) is 16.2. The normalized spacial score (nSPS) is 11.1. The van der Waals surface area contributed by atoms with Crippen molar-refractivity contribution in [3.63, 3.8) is 0 Å². The molecule has 2 nitrogen and oxygen atoms in total. The summed E-state index contributed by atoms with van der Waals surface area (Å²) in [6, 6.07) is 10.7. The van der Waals surface area contributed by atoms with Crippen LogP contribution in [0.5, 0.6) is 0 Å². The minimum Gasteiger partial charge on any atom is -0.550 e. The Labute approximate surface area is 195 Å². The van der Waals surface area contributed by atoms with Crippen LogP contribution in [0.3, 0.4) is 0 Å². The van der Waals surface area contributed by atoms with Gasteiger partial charge in [-0.15, -0.1) is 0 Å². The average Bonchev–Trinajstić information content (AvgIpc) is 2.71. The Kier molecular flexibility index (Phi) is 20.4. The molecule has 1 aromatic carbocycles. The highest BCUT2D eigenvalue weighted by Crippen LogP contribution is 2.49. The maximum Gasteiger partial charge on any atom is 0.0834 e. The number of carbonyl (C=O) groups is 1. The van der Waals surface area contributed by atoms with E-state index in [0.29, 0.717) is 0 Å². The largest absolute Gasteiger partial charge is 0.550 e. The van der Waals surface area contributed by atoms with Crippen LogP contribution in [-0.2, 0) is 11.0 Å². The molecule has 0 bridgehead atoms. The minimum absolute atomic E-state index is 0.234. The van der Waals surface area contributed by atoms with E-state index in [1.807, 2.05) is 0 Å². The van der Waals surface area contributed by atoms with Gasteiger partial charge in [0.15, 0.2) is 0 Å². The van der Waals surface area contributed by atoms with Crippen molar-refractivity contribution >= 4 is 13.2 Å². The Hall–Kier alpha value is -0.880. The summed E-state index contributed by atoms with van der Waals surface area (Å²) in [5.74, 6) is -0.903. The van der Waals surface area contributed by atoms with Crippen molar-refractivity contribution in [1.82, 2.24) is 0 Å². The zero-order valence-corrected chi connectivity index (χ0v) is 22.1. The number of hydrogen-bond donors (Lipinski definition) is 0. The second-order valence-electron chi connectivity index (χ2n) is 10.0. The van der Waals surface area contributed by atoms with Crippen molar-refractivity contribution < 1.29 is 9.90 Å². The Bertz CT molecular complexity index is 507. The third-order valence-corrected chi connectivity index (χ3v) is 6.80. The number of aliphatic carboxylic acids is 1. The van der Waals surface area contributed by atoms with Gasteiger partial charge >= 0.3 is 0 Å². The smallest absolute Gasteiger partial charge is 0.0834 e. The van der Waals surface area contributed by atoms with Gasteiger partial charge in [-0.05, 0) is 18.4 Å². The number of benzene rings is 1. The first kappa shape index (κ1) is 30.1. The lowest BCUT2D eigenvalue weighted by Gasteiger charge is -2.10. The maximum absolute atomic E-state index is 10.2. The molecule has 0 atom stereocenters. The predicted molar refractivity (Wildman–Crippen MR) is 139 cm³/mol. The first-order valence-electron chi connectivity index (χ1n) is 12.9. The molecule has 31 heavy (non-hydrogen) atoms. The van der Waals surface area contributed by atoms with Gasteiger partial charge in [-0.2, -0.15) is 0 Å². The van der Waals surface area contributed by atoms with Crippen molar-refractivity contribution in [3.05, 3.63) is 35.9 Å². The van der Waals surface area contributed by atoms with E-state index in [0.717, 1.165) is 12.8 Å². The highest BCUT2D eigenvalue weighted by molar-refractivity contribution is 7.72. The quantitative estimate of drug-likeness (QED) is 0.167. The summed E-state index contributed by atoms with van der Waals surface area (Å²) >= 11 is 0. The van der Waals surface area contributed by atoms with E-state index in [-0.39, 0.29) is 6.42 Å². The summed E-state index contributed by atoms with van der Waals surface area (Å²) in [6.45, 7) is 9.39. The predicted octanol–water partition coefficient (Wildman–Crippen LogP) is 8.09. The lowest BCUT2D eigenvalue weighted by Crippen LogP contribution is -2.21. The molecule has 0 saturated carbocycles. The van der Waals surface area contributed by atoms with Crippen molar-refractivity contribution in [3.8, 4) is 0 Å². The van der Waals surface area contributed by atoms with Crippen LogP contribution in [0.2, 0.25) is 0 Å². The molecular weight excluding hydrogens is 399 g/mol. The van der Waals surface area contributed by atoms with Gasteiger partial charge in [-0.1, -0.05) is 127 Å². The van der Waals surface area contributed by atoms with Gasteiger partial charge in [-0.25, -0.2) is 0 Å². The van der Waals surface area contributed by atoms with E-state index in [1.54, 1.807) is 0 Å². The fourth-order valence-corrected chi connectivity index (χ4v) is 5.08. The molecule has 0 aliphatic carbocycles. The van der Waals surface area contributed by atoms with E-state index in [4.69, 9.17) is 0 Å². The highest BCUT2D eigenvalue weighted by atomic mass is 31.2. The fourth-order valence-electron chi connectivity index (χ4n) is 3.77. The Morgan fingerprint density at radius 1 is 0.677 bits per heavy atom. The first-order chi connectivity index (χ1) is 14.8. The second-order valence-corrected chi connectivity index (χ2v) is 14.9. The Morgan fingerprint density at radius 3 is 1.42 bits per heavy atom. The van der Waals surface area contributed by atoms with Crippen LogP contribution in [-0.4, -0.2) is 26.0 Å². The molecule has 0 spiro atoms. The summed E-state index contributed by atoms with van der Waals surface area (Å²) in [7, 11) is -0.638. The maximum atomic E-state index is 10.2. The van der Waals surface area contributed by atoms with Gasteiger partial charge in [0.1, 0.15) is 0 Å². The van der Waals surface area contributed by atoms with Gasteiger partial charge in [0.2, 0.25) is 0 Å². The van der Waals surface area contributed by atoms with Gasteiger partial charge in [0, 0.05) is 33.2 Å². The van der Waals surface area contributed by atoms with Gasteiger partial charge < -0.3 is 9.90 Å². The van der Waals surface area contributed by atoms with Crippen LogP contribution in [0.4, 0.5) is 0 Å². The minimum atomic E-state index is -0.903. The van der Waals surface area contributed by atoms with Crippen LogP contribution in [0.1, 0.15) is 115 Å². The van der Waals surface area contributed by atoms with E-state index >= 15 is 0 Å². The zero-order valence-electron chi connectivity index (χ0n) is 21.2. The number of carboxylic acids is 1. The molecule has 0 aromatic heterocycles. The molecule has 0 saturated heterocycles. The van der Waals surface area contributed by atoms with Crippen molar-refractivity contribution in [1.29, 1.82) is 0 Å². The van der Waals surface area contributed by atoms with Crippen LogP contribution in [0.15, 0.2) is 30.3 Å². The second kappa shape index (κ2) is 21.0. The monoisotopic (exact) mass is 450 g/mol. The molecule has 180 valence electrons. The topological polar surface area (TPSA) is 40.1 Å². The van der Waals surface area contributed by atoms with Crippen molar-refractivity contribution in [2.24, 2.45) is 0 Å². The Balaban J connectivity index is 0.000000683. The van der Waals surface area contributed by atoms with E-state index in [2.05, 4.69) is 57.3 Å². The van der Waals surface area contributed by atoms with Gasteiger partial charge in [-0.3, -0.25) is 0 Å². The van der Waals surface area contributed by atoms with Crippen LogP contribution in [0.25, 0.3) is 0 Å². The number of carboxylic acid groups (broad SMARTS) is 1. The highest BCUT2D eigenvalue weighted by Gasteiger charge is 2.16. The number of hydrogen-bond acceptors (Lipinski definition) is 2. The molecular formula is C28H51O2P. The molecule has 0 N–H and O–H groups in total. The molecule has 3 heteroatoms. The van der Waals surface area contributed by atoms with Crippen molar-refractivity contribution in [2.75, 3.05) is 20.0 Å². The molecule has 0 radical (unpaired) electrons. The van der Waals surface area contributed by atoms with E-state index < -0.39 is 13.2 Å². The summed E-state index contributed by atoms with van der Waals surface area (Å²) in [6.07, 6.45) is 21.1. The molecule has 1 aromatic rings. The van der Waals surface area contributed by atoms with Crippen LogP contribution >= 0.6 is 7.26 Å². The van der Waals surface area contributed by atoms with E-state index in [1.165, 1.54) is 95.2 Å². The third kappa shape index (κ3) is 25.3. The SMILES string of the molecule is CCCCCCCCCCCCCCCCCC(=O)[O-].C[P+](C)(C)Cc1ccccc1. The molecule has 1 rings (SSSR count). The molecule has 0 aliphatic heterocycles. The summed E-state index contributed by atoms with van der Waals surface area (Å²) < 4.78 is 0. The summed E-state index contributed by atoms with van der Waals surface area (Å²) in [5, 5.41) is 10.2. The molecule has 0 unspecified atom stereocenters. The fraction of sp³-hybridized carbons (Fsp3) is 0.750. The average molecular weight is 451 g/mol. The standard InChI is InChI=1S/C18H36O2.C10H16P/c1-2-3-4-5-6-7-8-9-10-11-12-13-14-15-16-17-18(19)20;1-11(2,3)9-10-7-5-4-6-8-10/h2-17H2,1H3,(H,19,20);4-8H,9H2,1-3H3/q;+1/p-1. The molecule has 0 amide bonds. The number of unbranched alkanes of at least 4 members (excludes halogenated alkanes) is 14. The third-order valence-electron chi connectivity index (χ3n) is 5.48. The Morgan fingerprint density at radius 2 is 1.06 bits per heavy atom. The van der Waals surface area contributed by atoms with Gasteiger partial charge in [0.05, 0.1) is 6.16 Å². The molecule has 0 aliphatic rings. The lowest BCUT2D eigenvalue weighted by molar-refractivity contribution is -0.305.